The van der Waals surface area contributed by atoms with Crippen molar-refractivity contribution in [2.24, 2.45) is 18.2 Å². The molecular weight excluding hydrogens is 643 g/mol. The maximum Gasteiger partial charge on any atom is 0.417 e. The second-order valence-corrected chi connectivity index (χ2v) is 14.6. The van der Waals surface area contributed by atoms with Crippen LogP contribution in [0.15, 0.2) is 65.5 Å². The summed E-state index contributed by atoms with van der Waals surface area (Å²) < 4.78 is 55.3. The van der Waals surface area contributed by atoms with Crippen molar-refractivity contribution < 1.29 is 32.1 Å². The predicted molar refractivity (Wildman–Crippen MR) is 182 cm³/mol. The number of pyridine rings is 1. The third-order valence-electron chi connectivity index (χ3n) is 9.86. The zero-order valence-corrected chi connectivity index (χ0v) is 27.8. The predicted octanol–water partition coefficient (Wildman–Crippen LogP) is 5.88. The summed E-state index contributed by atoms with van der Waals surface area (Å²) in [6.07, 6.45) is -0.727. The Labute approximate surface area is 279 Å². The largest absolute Gasteiger partial charge is 0.481 e. The Morgan fingerprint density at radius 2 is 1.56 bits per heavy atom. The lowest BCUT2D eigenvalue weighted by Gasteiger charge is -2.41. The summed E-state index contributed by atoms with van der Waals surface area (Å²) in [7, 11) is 0.852. The Morgan fingerprint density at radius 1 is 0.958 bits per heavy atom. The number of carbonyl (C=O) groups excluding carboxylic acids is 1. The third-order valence-corrected chi connectivity index (χ3v) is 11.1. The number of alkyl halides is 3. The summed E-state index contributed by atoms with van der Waals surface area (Å²) in [4.78, 5) is 38.0. The summed E-state index contributed by atoms with van der Waals surface area (Å²) in [5.41, 5.74) is 4.12. The minimum absolute atomic E-state index is 0.0499. The number of nitrogens with two attached hydrogens (primary N) is 1. The molecule has 2 aliphatic rings. The van der Waals surface area contributed by atoms with Crippen molar-refractivity contribution in [3.63, 3.8) is 0 Å². The lowest BCUT2D eigenvalue weighted by Crippen LogP contribution is -2.48. The van der Waals surface area contributed by atoms with Crippen molar-refractivity contribution in [1.29, 1.82) is 0 Å². The van der Waals surface area contributed by atoms with Gasteiger partial charge in [-0.05, 0) is 60.1 Å². The molecule has 3 aromatic carbocycles. The Kier molecular flexibility index (Phi) is 10.4. The van der Waals surface area contributed by atoms with Gasteiger partial charge in [-0.1, -0.05) is 61.5 Å². The van der Waals surface area contributed by atoms with Gasteiger partial charge in [0.2, 0.25) is 5.91 Å². The number of aliphatic carboxylic acids is 1. The molecule has 1 saturated heterocycles. The number of hydrogen-bond acceptors (Lipinski definition) is 5. The fraction of sp³-hybridized carbons (Fsp3) is 0.417. The fourth-order valence-electron chi connectivity index (χ4n) is 6.96. The number of aromatic nitrogens is 1. The number of carboxylic acids is 1. The first-order chi connectivity index (χ1) is 22.7. The van der Waals surface area contributed by atoms with Crippen molar-refractivity contribution in [3.8, 4) is 11.1 Å². The molecule has 0 unspecified atom stereocenters. The third kappa shape index (κ3) is 7.34. The molecule has 0 bridgehead atoms. The molecule has 4 aromatic rings. The second-order valence-electron chi connectivity index (χ2n) is 12.9. The van der Waals surface area contributed by atoms with Gasteiger partial charge in [-0.3, -0.25) is 23.5 Å². The van der Waals surface area contributed by atoms with Crippen molar-refractivity contribution in [2.45, 2.75) is 57.7 Å². The smallest absolute Gasteiger partial charge is 0.417 e. The number of benzene rings is 3. The minimum atomic E-state index is -4.74. The van der Waals surface area contributed by atoms with Gasteiger partial charge >= 0.3 is 12.1 Å². The maximum absolute atomic E-state index is 14.3. The van der Waals surface area contributed by atoms with Crippen LogP contribution in [0.2, 0.25) is 0 Å². The van der Waals surface area contributed by atoms with Crippen LogP contribution in [0.25, 0.3) is 32.8 Å². The molecule has 256 valence electrons. The number of hydrogen-bond donors (Lipinski definition) is 2. The van der Waals surface area contributed by atoms with E-state index >= 15 is 0 Å². The normalized spacial score (nSPS) is 20.7. The highest BCUT2D eigenvalue weighted by atomic mass is 32.2. The van der Waals surface area contributed by atoms with E-state index in [-0.39, 0.29) is 40.6 Å². The molecule has 2 fully saturated rings. The number of primary amides is 1. The van der Waals surface area contributed by atoms with E-state index in [4.69, 9.17) is 10.8 Å². The van der Waals surface area contributed by atoms with E-state index in [0.717, 1.165) is 50.3 Å². The molecule has 6 rings (SSSR count). The molecule has 8 nitrogen and oxygen atoms in total. The Balaban J connectivity index is 0.000000224. The molecule has 0 atom stereocenters. The van der Waals surface area contributed by atoms with Gasteiger partial charge < -0.3 is 15.4 Å². The molecule has 12 heteroatoms. The average Bonchev–Trinajstić information content (AvgIpc) is 3.05. The number of fused-ring (bicyclic) bond motifs is 2. The molecule has 2 heterocycles. The van der Waals surface area contributed by atoms with Crippen LogP contribution in [0.1, 0.15) is 50.2 Å². The van der Waals surface area contributed by atoms with Gasteiger partial charge in [0.1, 0.15) is 0 Å². The Bertz CT molecular complexity index is 1920. The molecule has 1 aromatic heterocycles. The molecule has 3 N–H and O–H groups in total. The fourth-order valence-corrected chi connectivity index (χ4v) is 8.04. The van der Waals surface area contributed by atoms with Crippen molar-refractivity contribution in [2.75, 3.05) is 24.6 Å². The zero-order chi connectivity index (χ0) is 34.8. The molecule has 1 aliphatic carbocycles. The van der Waals surface area contributed by atoms with Crippen molar-refractivity contribution in [3.05, 3.63) is 82.1 Å². The van der Waals surface area contributed by atoms with E-state index in [1.807, 2.05) is 6.92 Å². The lowest BCUT2D eigenvalue weighted by atomic mass is 9.73. The van der Waals surface area contributed by atoms with E-state index in [1.54, 1.807) is 36.4 Å². The number of rotatable bonds is 6. The quantitative estimate of drug-likeness (QED) is 0.262. The number of para-hydroxylation sites is 1. The topological polar surface area (TPSA) is 123 Å². The van der Waals surface area contributed by atoms with E-state index in [2.05, 4.69) is 4.90 Å². The summed E-state index contributed by atoms with van der Waals surface area (Å²) in [6.45, 7) is 3.88. The van der Waals surface area contributed by atoms with Crippen LogP contribution < -0.4 is 11.3 Å². The van der Waals surface area contributed by atoms with Crippen molar-refractivity contribution >= 4 is 44.4 Å². The van der Waals surface area contributed by atoms with E-state index < -0.39 is 39.6 Å². The van der Waals surface area contributed by atoms with Gasteiger partial charge in [-0.15, -0.1) is 0 Å². The van der Waals surface area contributed by atoms with Gasteiger partial charge in [-0.25, -0.2) is 0 Å². The molecule has 1 amide bonds. The van der Waals surface area contributed by atoms with Crippen molar-refractivity contribution in [1.82, 2.24) is 9.47 Å². The summed E-state index contributed by atoms with van der Waals surface area (Å²) in [5, 5.41) is 10.1. The van der Waals surface area contributed by atoms with Crippen LogP contribution in [-0.2, 0) is 40.0 Å². The highest BCUT2D eigenvalue weighted by Crippen LogP contribution is 2.42. The SMILES string of the molecule is CC1(C(N)=O)CCC(N2CCS(=O)CC2)CC1.Cn1c(=O)c(-c2cccc3c(CCC(=O)O)cccc23)c(C(F)(F)F)c2ccccc21. The maximum atomic E-state index is 14.3. The number of carboxylic acid groups (broad SMARTS) is 1. The first-order valence-electron chi connectivity index (χ1n) is 16.0. The van der Waals surface area contributed by atoms with E-state index in [9.17, 15) is 31.8 Å². The van der Waals surface area contributed by atoms with E-state index in [1.165, 1.54) is 35.9 Å². The summed E-state index contributed by atoms with van der Waals surface area (Å²) in [5.74, 6) is 0.499. The van der Waals surface area contributed by atoms with E-state index in [0.29, 0.717) is 22.4 Å². The molecule has 0 radical (unpaired) electrons. The van der Waals surface area contributed by atoms with Crippen LogP contribution in [0.5, 0.6) is 0 Å². The molecule has 48 heavy (non-hydrogen) atoms. The molecule has 0 spiro atoms. The second kappa shape index (κ2) is 14.2. The Morgan fingerprint density at radius 3 is 2.19 bits per heavy atom. The molecule has 1 aliphatic heterocycles. The van der Waals surface area contributed by atoms with Crippen LogP contribution in [0, 0.1) is 5.41 Å². The van der Waals surface area contributed by atoms with Crippen LogP contribution in [0.3, 0.4) is 0 Å². The zero-order valence-electron chi connectivity index (χ0n) is 27.0. The monoisotopic (exact) mass is 683 g/mol. The molecular formula is C36H40F3N3O5S. The first-order valence-corrected chi connectivity index (χ1v) is 17.5. The average molecular weight is 684 g/mol. The van der Waals surface area contributed by atoms with Crippen LogP contribution >= 0.6 is 0 Å². The highest BCUT2D eigenvalue weighted by Gasteiger charge is 2.39. The lowest BCUT2D eigenvalue weighted by molar-refractivity contribution is -0.137. The van der Waals surface area contributed by atoms with Gasteiger partial charge in [0.15, 0.2) is 0 Å². The number of amides is 1. The number of nitrogens with zero attached hydrogens (tertiary/aromatic N) is 2. The highest BCUT2D eigenvalue weighted by molar-refractivity contribution is 7.85. The first kappa shape index (κ1) is 35.3. The Hall–Kier alpha value is -4.03. The summed E-state index contributed by atoms with van der Waals surface area (Å²) in [6, 6.07) is 16.4. The number of carbonyl (C=O) groups is 2. The molecule has 1 saturated carbocycles. The van der Waals surface area contributed by atoms with Crippen LogP contribution in [0.4, 0.5) is 13.2 Å². The minimum Gasteiger partial charge on any atom is -0.481 e. The van der Waals surface area contributed by atoms with Gasteiger partial charge in [-0.2, -0.15) is 13.2 Å². The summed E-state index contributed by atoms with van der Waals surface area (Å²) >= 11 is 0. The number of aryl methyl sites for hydroxylation is 2. The van der Waals surface area contributed by atoms with Gasteiger partial charge in [0.25, 0.3) is 5.56 Å². The standard InChI is InChI=1S/C24H18F3NO3.C12H22N2O2S/c1-28-19-11-3-2-7-18(19)22(24(25,26)27)21(23(28)31)17-10-5-8-15-14(12-13-20(29)30)6-4-9-16(15)17;1-12(11(13)15)4-2-10(3-5-12)14-6-8-17(16)9-7-14/h2-11H,12-13H2,1H3,(H,29,30);10H,2-9H2,1H3,(H2,13,15). The number of halogens is 3. The van der Waals surface area contributed by atoms with Crippen LogP contribution in [-0.4, -0.2) is 61.3 Å². The van der Waals surface area contributed by atoms with Gasteiger partial charge in [0.05, 0.1) is 16.6 Å². The van der Waals surface area contributed by atoms with Gasteiger partial charge in [0, 0.05) is 65.7 Å².